The quantitative estimate of drug-likeness (QED) is 0.712. The Morgan fingerprint density at radius 3 is 2.53 bits per heavy atom. The third kappa shape index (κ3) is 2.11. The van der Waals surface area contributed by atoms with Gasteiger partial charge in [-0.25, -0.2) is 9.18 Å². The van der Waals surface area contributed by atoms with Crippen LogP contribution in [0.4, 0.5) is 13.2 Å². The third-order valence-corrected chi connectivity index (χ3v) is 1.98. The van der Waals surface area contributed by atoms with Crippen molar-refractivity contribution < 1.29 is 22.7 Å². The van der Waals surface area contributed by atoms with Crippen LogP contribution in [-0.2, 0) is 15.5 Å². The van der Waals surface area contributed by atoms with Crippen molar-refractivity contribution >= 4 is 5.97 Å². The van der Waals surface area contributed by atoms with Gasteiger partial charge >= 0.3 is 11.9 Å². The van der Waals surface area contributed by atoms with Crippen LogP contribution in [0.2, 0.25) is 0 Å². The van der Waals surface area contributed by atoms with Crippen molar-refractivity contribution in [2.24, 2.45) is 0 Å². The van der Waals surface area contributed by atoms with E-state index in [0.717, 1.165) is 13.2 Å². The fourth-order valence-corrected chi connectivity index (χ4v) is 1.17. The van der Waals surface area contributed by atoms with Gasteiger partial charge in [-0.2, -0.15) is 8.78 Å². The molecule has 0 radical (unpaired) electrons. The van der Waals surface area contributed by atoms with Gasteiger partial charge in [0.25, 0.3) is 0 Å². The highest BCUT2D eigenvalue weighted by Gasteiger charge is 2.43. The minimum Gasteiger partial charge on any atom is -0.464 e. The number of ether oxygens (including phenoxy) is 1. The van der Waals surface area contributed by atoms with Gasteiger partial charge in [0.1, 0.15) is 5.82 Å². The lowest BCUT2D eigenvalue weighted by molar-refractivity contribution is -0.170. The number of rotatable bonds is 2. The van der Waals surface area contributed by atoms with Gasteiger partial charge in [-0.3, -0.25) is 0 Å². The third-order valence-electron chi connectivity index (χ3n) is 1.98. The van der Waals surface area contributed by atoms with Crippen molar-refractivity contribution in [2.75, 3.05) is 7.11 Å². The molecule has 0 saturated heterocycles. The normalized spacial score (nSPS) is 11.3. The number of benzene rings is 1. The zero-order valence-corrected chi connectivity index (χ0v) is 8.18. The molecule has 0 heterocycles. The van der Waals surface area contributed by atoms with Gasteiger partial charge in [-0.05, 0) is 24.6 Å². The molecule has 0 aliphatic carbocycles. The Morgan fingerprint density at radius 1 is 1.40 bits per heavy atom. The summed E-state index contributed by atoms with van der Waals surface area (Å²) in [4.78, 5) is 10.8. The van der Waals surface area contributed by atoms with E-state index >= 15 is 0 Å². The highest BCUT2D eigenvalue weighted by Crippen LogP contribution is 2.32. The molecule has 1 rings (SSSR count). The van der Waals surface area contributed by atoms with Crippen molar-refractivity contribution in [1.29, 1.82) is 0 Å². The minimum atomic E-state index is -3.82. The maximum Gasteiger partial charge on any atom is 0.381 e. The van der Waals surface area contributed by atoms with Crippen LogP contribution in [0.1, 0.15) is 11.1 Å². The number of carbonyl (C=O) groups is 1. The monoisotopic (exact) mass is 218 g/mol. The molecule has 0 aliphatic rings. The number of methoxy groups -OCH3 is 1. The standard InChI is InChI=1S/C10H9F3O2/c1-6-3-4-7(11)5-8(6)10(12,13)9(14)15-2/h3-5H,1-2H3. The summed E-state index contributed by atoms with van der Waals surface area (Å²) < 4.78 is 43.4. The Balaban J connectivity index is 3.25. The fourth-order valence-electron chi connectivity index (χ4n) is 1.17. The zero-order chi connectivity index (χ0) is 11.6. The van der Waals surface area contributed by atoms with Crippen molar-refractivity contribution in [3.8, 4) is 0 Å². The number of hydrogen-bond acceptors (Lipinski definition) is 2. The van der Waals surface area contributed by atoms with Gasteiger partial charge in [0, 0.05) is 5.56 Å². The molecule has 0 bridgehead atoms. The van der Waals surface area contributed by atoms with E-state index in [1.807, 2.05) is 0 Å². The molecule has 0 aliphatic heterocycles. The summed E-state index contributed by atoms with van der Waals surface area (Å²) in [6, 6.07) is 2.86. The van der Waals surface area contributed by atoms with E-state index in [4.69, 9.17) is 0 Å². The van der Waals surface area contributed by atoms with Crippen LogP contribution in [0.3, 0.4) is 0 Å². The largest absolute Gasteiger partial charge is 0.464 e. The Hall–Kier alpha value is -1.52. The average Bonchev–Trinajstić information content (AvgIpc) is 2.20. The average molecular weight is 218 g/mol. The van der Waals surface area contributed by atoms with Gasteiger partial charge in [0.2, 0.25) is 0 Å². The number of hydrogen-bond donors (Lipinski definition) is 0. The van der Waals surface area contributed by atoms with E-state index in [1.54, 1.807) is 0 Å². The van der Waals surface area contributed by atoms with Gasteiger partial charge in [-0.1, -0.05) is 6.07 Å². The number of alkyl halides is 2. The molecule has 2 nitrogen and oxygen atoms in total. The van der Waals surface area contributed by atoms with E-state index in [2.05, 4.69) is 4.74 Å². The summed E-state index contributed by atoms with van der Waals surface area (Å²) in [5.41, 5.74) is -0.541. The molecule has 1 aromatic carbocycles. The smallest absolute Gasteiger partial charge is 0.381 e. The number of aryl methyl sites for hydroxylation is 1. The first-order chi connectivity index (χ1) is 6.89. The maximum absolute atomic E-state index is 13.3. The van der Waals surface area contributed by atoms with Crippen molar-refractivity contribution in [1.82, 2.24) is 0 Å². The predicted octanol–water partition coefficient (Wildman–Crippen LogP) is 2.40. The van der Waals surface area contributed by atoms with E-state index in [-0.39, 0.29) is 5.56 Å². The van der Waals surface area contributed by atoms with Gasteiger partial charge < -0.3 is 4.74 Å². The van der Waals surface area contributed by atoms with Crippen LogP contribution in [0.5, 0.6) is 0 Å². The molecule has 0 N–H and O–H groups in total. The van der Waals surface area contributed by atoms with Crippen LogP contribution >= 0.6 is 0 Å². The van der Waals surface area contributed by atoms with Gasteiger partial charge in [0.05, 0.1) is 7.11 Å². The Kier molecular flexibility index (Phi) is 3.02. The van der Waals surface area contributed by atoms with E-state index in [1.165, 1.54) is 13.0 Å². The second-order valence-electron chi connectivity index (χ2n) is 3.03. The fraction of sp³-hybridized carbons (Fsp3) is 0.300. The minimum absolute atomic E-state index is 0.131. The lowest BCUT2D eigenvalue weighted by Crippen LogP contribution is -2.28. The van der Waals surface area contributed by atoms with Crippen LogP contribution in [0.15, 0.2) is 18.2 Å². The molecule has 0 saturated carbocycles. The second-order valence-corrected chi connectivity index (χ2v) is 3.03. The molecule has 0 aromatic heterocycles. The van der Waals surface area contributed by atoms with E-state index in [0.29, 0.717) is 6.07 Å². The first-order valence-corrected chi connectivity index (χ1v) is 4.12. The molecule has 0 spiro atoms. The lowest BCUT2D eigenvalue weighted by atomic mass is 10.0. The van der Waals surface area contributed by atoms with Gasteiger partial charge in [0.15, 0.2) is 0 Å². The Morgan fingerprint density at radius 2 is 2.00 bits per heavy atom. The second kappa shape index (κ2) is 3.92. The molecule has 5 heteroatoms. The number of carbonyl (C=O) groups excluding carboxylic acids is 1. The van der Waals surface area contributed by atoms with Crippen molar-refractivity contribution in [2.45, 2.75) is 12.8 Å². The maximum atomic E-state index is 13.3. The highest BCUT2D eigenvalue weighted by molar-refractivity contribution is 5.79. The highest BCUT2D eigenvalue weighted by atomic mass is 19.3. The first-order valence-electron chi connectivity index (χ1n) is 4.12. The van der Waals surface area contributed by atoms with Crippen LogP contribution in [-0.4, -0.2) is 13.1 Å². The van der Waals surface area contributed by atoms with Crippen LogP contribution in [0.25, 0.3) is 0 Å². The molecule has 0 amide bonds. The molecular weight excluding hydrogens is 209 g/mol. The molecule has 0 atom stereocenters. The van der Waals surface area contributed by atoms with E-state index in [9.17, 15) is 18.0 Å². The van der Waals surface area contributed by atoms with E-state index < -0.39 is 23.3 Å². The number of esters is 1. The summed E-state index contributed by atoms with van der Waals surface area (Å²) in [6.07, 6.45) is 0. The van der Waals surface area contributed by atoms with Crippen molar-refractivity contribution in [3.05, 3.63) is 35.1 Å². The molecule has 82 valence electrons. The van der Waals surface area contributed by atoms with Crippen molar-refractivity contribution in [3.63, 3.8) is 0 Å². The van der Waals surface area contributed by atoms with Gasteiger partial charge in [-0.15, -0.1) is 0 Å². The lowest BCUT2D eigenvalue weighted by Gasteiger charge is -2.15. The first kappa shape index (κ1) is 11.6. The summed E-state index contributed by atoms with van der Waals surface area (Å²) in [5, 5.41) is 0. The number of halogens is 3. The molecule has 0 fully saturated rings. The topological polar surface area (TPSA) is 26.3 Å². The van der Waals surface area contributed by atoms with Crippen LogP contribution < -0.4 is 0 Å². The summed E-state index contributed by atoms with van der Waals surface area (Å²) in [6.45, 7) is 1.37. The molecule has 15 heavy (non-hydrogen) atoms. The SMILES string of the molecule is COC(=O)C(F)(F)c1cc(F)ccc1C. The van der Waals surface area contributed by atoms with Crippen LogP contribution in [0, 0.1) is 12.7 Å². The summed E-state index contributed by atoms with van der Waals surface area (Å²) in [7, 11) is 0.852. The molecular formula is C10H9F3O2. The Labute approximate surface area is 84.7 Å². The summed E-state index contributed by atoms with van der Waals surface area (Å²) >= 11 is 0. The Bertz CT molecular complexity index is 388. The molecule has 1 aromatic rings. The predicted molar refractivity (Wildman–Crippen MR) is 47.0 cm³/mol. The summed E-state index contributed by atoms with van der Waals surface area (Å²) in [5.74, 6) is -6.34. The molecule has 0 unspecified atom stereocenters. The zero-order valence-electron chi connectivity index (χ0n) is 8.18.